The van der Waals surface area contributed by atoms with Gasteiger partial charge in [-0.05, 0) is 42.3 Å². The summed E-state index contributed by atoms with van der Waals surface area (Å²) in [6.45, 7) is 1.74. The summed E-state index contributed by atoms with van der Waals surface area (Å²) in [7, 11) is -3.74. The third-order valence-corrected chi connectivity index (χ3v) is 4.61. The molecular weight excluding hydrogens is 301 g/mol. The summed E-state index contributed by atoms with van der Waals surface area (Å²) in [6, 6.07) is 10.5. The third-order valence-electron chi connectivity index (χ3n) is 2.82. The summed E-state index contributed by atoms with van der Waals surface area (Å²) in [6.07, 6.45) is 0. The molecular formula is C14H13ClFNO2S. The number of aryl methyl sites for hydroxylation is 1. The molecule has 0 saturated heterocycles. The molecule has 0 radical (unpaired) electrons. The highest BCUT2D eigenvalue weighted by molar-refractivity contribution is 7.89. The van der Waals surface area contributed by atoms with Gasteiger partial charge in [0.25, 0.3) is 0 Å². The molecule has 6 heteroatoms. The minimum atomic E-state index is -3.74. The molecule has 2 rings (SSSR count). The van der Waals surface area contributed by atoms with Gasteiger partial charge in [0.1, 0.15) is 5.82 Å². The van der Waals surface area contributed by atoms with E-state index >= 15 is 0 Å². The molecule has 3 nitrogen and oxygen atoms in total. The lowest BCUT2D eigenvalue weighted by Crippen LogP contribution is -2.24. The molecule has 0 aliphatic rings. The van der Waals surface area contributed by atoms with Crippen LogP contribution in [0.3, 0.4) is 0 Å². The second-order valence-electron chi connectivity index (χ2n) is 4.36. The molecule has 0 unspecified atom stereocenters. The Morgan fingerprint density at radius 2 is 1.80 bits per heavy atom. The van der Waals surface area contributed by atoms with Crippen LogP contribution in [0.4, 0.5) is 4.39 Å². The highest BCUT2D eigenvalue weighted by Gasteiger charge is 2.17. The molecule has 0 heterocycles. The molecule has 20 heavy (non-hydrogen) atoms. The Hall–Kier alpha value is -1.43. The highest BCUT2D eigenvalue weighted by atomic mass is 35.5. The number of hydrogen-bond acceptors (Lipinski definition) is 2. The Bertz CT molecular complexity index is 714. The van der Waals surface area contributed by atoms with Crippen LogP contribution in [0.15, 0.2) is 47.4 Å². The van der Waals surface area contributed by atoms with E-state index in [0.717, 1.165) is 11.6 Å². The lowest BCUT2D eigenvalue weighted by Gasteiger charge is -2.09. The number of benzene rings is 2. The van der Waals surface area contributed by atoms with E-state index in [1.807, 2.05) is 0 Å². The minimum Gasteiger partial charge on any atom is -0.207 e. The first-order valence-corrected chi connectivity index (χ1v) is 7.75. The van der Waals surface area contributed by atoms with E-state index in [0.29, 0.717) is 10.6 Å². The largest absolute Gasteiger partial charge is 0.241 e. The van der Waals surface area contributed by atoms with Gasteiger partial charge >= 0.3 is 0 Å². The van der Waals surface area contributed by atoms with Gasteiger partial charge in [0.15, 0.2) is 0 Å². The van der Waals surface area contributed by atoms with Crippen LogP contribution in [0.25, 0.3) is 0 Å². The Kier molecular flexibility index (Phi) is 4.42. The Morgan fingerprint density at radius 3 is 2.45 bits per heavy atom. The average molecular weight is 314 g/mol. The standard InChI is InChI=1S/C14H13ClFNO2S/c1-10-2-7-13(16)8-14(10)20(18,19)17-9-11-3-5-12(15)6-4-11/h2-8,17H,9H2,1H3. The zero-order chi connectivity index (χ0) is 14.8. The lowest BCUT2D eigenvalue weighted by molar-refractivity contribution is 0.576. The molecule has 0 spiro atoms. The van der Waals surface area contributed by atoms with E-state index in [1.54, 1.807) is 31.2 Å². The first-order valence-electron chi connectivity index (χ1n) is 5.89. The van der Waals surface area contributed by atoms with Crippen molar-refractivity contribution in [2.24, 2.45) is 0 Å². The van der Waals surface area contributed by atoms with Crippen molar-refractivity contribution in [1.29, 1.82) is 0 Å². The van der Waals surface area contributed by atoms with Crippen LogP contribution in [-0.4, -0.2) is 8.42 Å². The predicted molar refractivity (Wildman–Crippen MR) is 76.6 cm³/mol. The van der Waals surface area contributed by atoms with E-state index in [9.17, 15) is 12.8 Å². The molecule has 0 aliphatic heterocycles. The summed E-state index contributed by atoms with van der Waals surface area (Å²) in [5.74, 6) is -0.581. The van der Waals surface area contributed by atoms with E-state index < -0.39 is 15.8 Å². The molecule has 0 aromatic heterocycles. The van der Waals surface area contributed by atoms with E-state index in [1.165, 1.54) is 12.1 Å². The zero-order valence-corrected chi connectivity index (χ0v) is 12.3. The fraction of sp³-hybridized carbons (Fsp3) is 0.143. The third kappa shape index (κ3) is 3.56. The van der Waals surface area contributed by atoms with Crippen LogP contribution in [0.5, 0.6) is 0 Å². The van der Waals surface area contributed by atoms with Crippen molar-refractivity contribution < 1.29 is 12.8 Å². The van der Waals surface area contributed by atoms with Crippen LogP contribution in [-0.2, 0) is 16.6 Å². The normalized spacial score (nSPS) is 11.6. The molecule has 0 saturated carbocycles. The lowest BCUT2D eigenvalue weighted by atomic mass is 10.2. The Labute approximate surface area is 122 Å². The topological polar surface area (TPSA) is 46.2 Å². The van der Waals surface area contributed by atoms with E-state index in [2.05, 4.69) is 4.72 Å². The van der Waals surface area contributed by atoms with Gasteiger partial charge in [0.05, 0.1) is 4.90 Å². The van der Waals surface area contributed by atoms with Crippen molar-refractivity contribution in [2.45, 2.75) is 18.4 Å². The zero-order valence-electron chi connectivity index (χ0n) is 10.7. The average Bonchev–Trinajstić information content (AvgIpc) is 2.41. The number of rotatable bonds is 4. The van der Waals surface area contributed by atoms with Crippen LogP contribution in [0.2, 0.25) is 5.02 Å². The van der Waals surface area contributed by atoms with Crippen LogP contribution in [0.1, 0.15) is 11.1 Å². The first kappa shape index (κ1) is 15.0. The van der Waals surface area contributed by atoms with Crippen molar-refractivity contribution in [3.8, 4) is 0 Å². The Balaban J connectivity index is 2.19. The van der Waals surface area contributed by atoms with Crippen LogP contribution in [0, 0.1) is 12.7 Å². The van der Waals surface area contributed by atoms with E-state index in [-0.39, 0.29) is 11.4 Å². The van der Waals surface area contributed by atoms with Crippen molar-refractivity contribution in [2.75, 3.05) is 0 Å². The number of hydrogen-bond donors (Lipinski definition) is 1. The minimum absolute atomic E-state index is 0.0496. The van der Waals surface area contributed by atoms with Gasteiger partial charge in [-0.15, -0.1) is 0 Å². The van der Waals surface area contributed by atoms with Crippen molar-refractivity contribution in [1.82, 2.24) is 4.72 Å². The molecule has 0 aliphatic carbocycles. The molecule has 1 N–H and O–H groups in total. The number of halogens is 2. The second-order valence-corrected chi connectivity index (χ2v) is 6.53. The van der Waals surface area contributed by atoms with Gasteiger partial charge < -0.3 is 0 Å². The Morgan fingerprint density at radius 1 is 1.15 bits per heavy atom. The number of nitrogens with one attached hydrogen (secondary N) is 1. The van der Waals surface area contributed by atoms with E-state index in [4.69, 9.17) is 11.6 Å². The van der Waals surface area contributed by atoms with Crippen molar-refractivity contribution >= 4 is 21.6 Å². The maximum atomic E-state index is 13.2. The summed E-state index contributed by atoms with van der Waals surface area (Å²) in [5.41, 5.74) is 1.27. The summed E-state index contributed by atoms with van der Waals surface area (Å²) < 4.78 is 39.9. The summed E-state index contributed by atoms with van der Waals surface area (Å²) >= 11 is 5.76. The molecule has 0 bridgehead atoms. The van der Waals surface area contributed by atoms with Gasteiger partial charge in [-0.2, -0.15) is 0 Å². The monoisotopic (exact) mass is 313 g/mol. The highest BCUT2D eigenvalue weighted by Crippen LogP contribution is 2.17. The smallest absolute Gasteiger partial charge is 0.207 e. The fourth-order valence-corrected chi connectivity index (χ4v) is 3.12. The predicted octanol–water partition coefficient (Wildman–Crippen LogP) is 3.27. The SMILES string of the molecule is Cc1ccc(F)cc1S(=O)(=O)NCc1ccc(Cl)cc1. The molecule has 2 aromatic carbocycles. The fourth-order valence-electron chi connectivity index (χ4n) is 1.72. The molecule has 106 valence electrons. The molecule has 2 aromatic rings. The summed E-state index contributed by atoms with van der Waals surface area (Å²) in [5, 5.41) is 0.581. The second kappa shape index (κ2) is 5.91. The quantitative estimate of drug-likeness (QED) is 0.941. The maximum absolute atomic E-state index is 13.2. The number of sulfonamides is 1. The van der Waals surface area contributed by atoms with Crippen LogP contribution < -0.4 is 4.72 Å². The van der Waals surface area contributed by atoms with Crippen LogP contribution >= 0.6 is 11.6 Å². The van der Waals surface area contributed by atoms with Gasteiger partial charge in [-0.25, -0.2) is 17.5 Å². The van der Waals surface area contributed by atoms with Gasteiger partial charge in [0, 0.05) is 11.6 Å². The first-order chi connectivity index (χ1) is 9.38. The van der Waals surface area contributed by atoms with Crippen molar-refractivity contribution in [3.63, 3.8) is 0 Å². The van der Waals surface area contributed by atoms with Gasteiger partial charge in [-0.1, -0.05) is 29.8 Å². The van der Waals surface area contributed by atoms with Crippen molar-refractivity contribution in [3.05, 3.63) is 64.4 Å². The van der Waals surface area contributed by atoms with Gasteiger partial charge in [-0.3, -0.25) is 0 Å². The summed E-state index contributed by atoms with van der Waals surface area (Å²) in [4.78, 5) is -0.0496. The van der Waals surface area contributed by atoms with Gasteiger partial charge in [0.2, 0.25) is 10.0 Å². The molecule has 0 atom stereocenters. The molecule has 0 amide bonds. The maximum Gasteiger partial charge on any atom is 0.241 e. The molecule has 0 fully saturated rings.